The standard InChI is InChI=1S/C18H24N4O2/c1-12(2)21(3)17(24)13-8-10-22(11-9-13)18-19-15-7-5-4-6-14(15)16(23)20-18/h4-7,12-13H,8-11H2,1-3H3,(H,19,20,23). The molecule has 1 amide bonds. The van der Waals surface area contributed by atoms with Crippen molar-refractivity contribution < 1.29 is 4.79 Å². The molecular formula is C18H24N4O2. The lowest BCUT2D eigenvalue weighted by Crippen LogP contribution is -2.44. The summed E-state index contributed by atoms with van der Waals surface area (Å²) in [5.41, 5.74) is 0.585. The monoisotopic (exact) mass is 328 g/mol. The number of nitrogens with one attached hydrogen (secondary N) is 1. The van der Waals surface area contributed by atoms with Crippen molar-refractivity contribution in [1.82, 2.24) is 14.9 Å². The summed E-state index contributed by atoms with van der Waals surface area (Å²) in [4.78, 5) is 36.0. The van der Waals surface area contributed by atoms with Gasteiger partial charge in [-0.15, -0.1) is 0 Å². The Kier molecular flexibility index (Phi) is 4.55. The van der Waals surface area contributed by atoms with Gasteiger partial charge >= 0.3 is 0 Å². The van der Waals surface area contributed by atoms with Crippen LogP contribution in [0.25, 0.3) is 10.9 Å². The van der Waals surface area contributed by atoms with Crippen LogP contribution in [0.1, 0.15) is 26.7 Å². The number of rotatable bonds is 3. The summed E-state index contributed by atoms with van der Waals surface area (Å²) < 4.78 is 0. The average Bonchev–Trinajstić information content (AvgIpc) is 2.60. The van der Waals surface area contributed by atoms with Gasteiger partial charge in [0.1, 0.15) is 0 Å². The molecule has 1 aromatic carbocycles. The normalized spacial score (nSPS) is 15.9. The van der Waals surface area contributed by atoms with E-state index >= 15 is 0 Å². The Morgan fingerprint density at radius 3 is 2.62 bits per heavy atom. The van der Waals surface area contributed by atoms with Gasteiger partial charge in [-0.05, 0) is 38.8 Å². The van der Waals surface area contributed by atoms with Crippen molar-refractivity contribution in [2.24, 2.45) is 5.92 Å². The highest BCUT2D eigenvalue weighted by atomic mass is 16.2. The van der Waals surface area contributed by atoms with Crippen molar-refractivity contribution in [3.8, 4) is 0 Å². The second-order valence-electron chi connectivity index (χ2n) is 6.71. The Morgan fingerprint density at radius 1 is 1.29 bits per heavy atom. The van der Waals surface area contributed by atoms with Crippen LogP contribution >= 0.6 is 0 Å². The maximum atomic E-state index is 12.4. The van der Waals surface area contributed by atoms with Gasteiger partial charge < -0.3 is 9.80 Å². The molecule has 1 saturated heterocycles. The molecule has 2 aromatic rings. The van der Waals surface area contributed by atoms with Gasteiger partial charge in [0, 0.05) is 32.1 Å². The van der Waals surface area contributed by atoms with Crippen molar-refractivity contribution in [3.05, 3.63) is 34.6 Å². The van der Waals surface area contributed by atoms with Crippen LogP contribution < -0.4 is 10.5 Å². The van der Waals surface area contributed by atoms with E-state index in [2.05, 4.69) is 14.9 Å². The number of amides is 1. The number of nitrogens with zero attached hydrogens (tertiary/aromatic N) is 3. The quantitative estimate of drug-likeness (QED) is 0.936. The van der Waals surface area contributed by atoms with Crippen LogP contribution in [-0.2, 0) is 4.79 Å². The highest BCUT2D eigenvalue weighted by Gasteiger charge is 2.28. The molecule has 0 aliphatic carbocycles. The fourth-order valence-electron chi connectivity index (χ4n) is 3.10. The van der Waals surface area contributed by atoms with Gasteiger partial charge in [0.05, 0.1) is 10.9 Å². The van der Waals surface area contributed by atoms with E-state index in [1.807, 2.05) is 44.0 Å². The van der Waals surface area contributed by atoms with E-state index in [1.54, 1.807) is 6.07 Å². The summed E-state index contributed by atoms with van der Waals surface area (Å²) in [6.07, 6.45) is 1.57. The number of carbonyl (C=O) groups is 1. The molecule has 3 rings (SSSR count). The zero-order valence-corrected chi connectivity index (χ0v) is 14.5. The number of H-pyrrole nitrogens is 1. The van der Waals surface area contributed by atoms with E-state index in [1.165, 1.54) is 0 Å². The summed E-state index contributed by atoms with van der Waals surface area (Å²) in [6, 6.07) is 7.56. The number of para-hydroxylation sites is 1. The largest absolute Gasteiger partial charge is 0.343 e. The summed E-state index contributed by atoms with van der Waals surface area (Å²) in [5, 5.41) is 0.602. The first-order chi connectivity index (χ1) is 11.5. The number of hydrogen-bond donors (Lipinski definition) is 1. The number of carbonyl (C=O) groups excluding carboxylic acids is 1. The number of hydrogen-bond acceptors (Lipinski definition) is 4. The molecule has 0 bridgehead atoms. The average molecular weight is 328 g/mol. The van der Waals surface area contributed by atoms with Crippen molar-refractivity contribution >= 4 is 22.8 Å². The third-order valence-corrected chi connectivity index (χ3v) is 4.87. The zero-order valence-electron chi connectivity index (χ0n) is 14.5. The molecule has 1 aromatic heterocycles. The predicted molar refractivity (Wildman–Crippen MR) is 95.2 cm³/mol. The lowest BCUT2D eigenvalue weighted by Gasteiger charge is -2.34. The molecule has 1 N–H and O–H groups in total. The van der Waals surface area contributed by atoms with E-state index in [0.29, 0.717) is 16.9 Å². The molecule has 0 saturated carbocycles. The fourth-order valence-corrected chi connectivity index (χ4v) is 3.10. The molecule has 0 spiro atoms. The molecule has 1 aliphatic heterocycles. The lowest BCUT2D eigenvalue weighted by molar-refractivity contribution is -0.136. The molecule has 0 atom stereocenters. The van der Waals surface area contributed by atoms with Crippen LogP contribution in [0.4, 0.5) is 5.95 Å². The maximum absolute atomic E-state index is 12.4. The number of benzene rings is 1. The van der Waals surface area contributed by atoms with Gasteiger partial charge in [0.25, 0.3) is 5.56 Å². The molecule has 1 aliphatic rings. The van der Waals surface area contributed by atoms with Crippen LogP contribution in [-0.4, -0.2) is 47.0 Å². The van der Waals surface area contributed by atoms with Gasteiger partial charge in [-0.1, -0.05) is 12.1 Å². The topological polar surface area (TPSA) is 69.3 Å². The first kappa shape index (κ1) is 16.5. The second-order valence-corrected chi connectivity index (χ2v) is 6.71. The predicted octanol–water partition coefficient (Wildman–Crippen LogP) is 2.01. The Morgan fingerprint density at radius 2 is 1.96 bits per heavy atom. The Balaban J connectivity index is 1.73. The van der Waals surface area contributed by atoms with Crippen molar-refractivity contribution in [2.75, 3.05) is 25.0 Å². The van der Waals surface area contributed by atoms with E-state index < -0.39 is 0 Å². The highest BCUT2D eigenvalue weighted by molar-refractivity contribution is 5.80. The van der Waals surface area contributed by atoms with Crippen LogP contribution in [0.2, 0.25) is 0 Å². The molecule has 2 heterocycles. The van der Waals surface area contributed by atoms with E-state index in [9.17, 15) is 9.59 Å². The minimum atomic E-state index is -0.117. The SMILES string of the molecule is CC(C)N(C)C(=O)C1CCN(c2nc3ccccc3c(=O)[nH]2)CC1. The minimum absolute atomic E-state index is 0.0563. The van der Waals surface area contributed by atoms with Crippen molar-refractivity contribution in [3.63, 3.8) is 0 Å². The molecule has 1 fully saturated rings. The second kappa shape index (κ2) is 6.63. The van der Waals surface area contributed by atoms with Crippen LogP contribution in [0, 0.1) is 5.92 Å². The number of aromatic nitrogens is 2. The number of piperidine rings is 1. The zero-order chi connectivity index (χ0) is 17.3. The van der Waals surface area contributed by atoms with E-state index in [4.69, 9.17) is 0 Å². The Labute approximate surface area is 141 Å². The first-order valence-corrected chi connectivity index (χ1v) is 8.48. The summed E-state index contributed by atoms with van der Waals surface area (Å²) in [5.74, 6) is 0.868. The molecule has 24 heavy (non-hydrogen) atoms. The number of aromatic amines is 1. The third kappa shape index (κ3) is 3.13. The van der Waals surface area contributed by atoms with Crippen LogP contribution in [0.15, 0.2) is 29.1 Å². The first-order valence-electron chi connectivity index (χ1n) is 8.48. The van der Waals surface area contributed by atoms with Crippen LogP contribution in [0.5, 0.6) is 0 Å². The molecule has 128 valence electrons. The third-order valence-electron chi connectivity index (χ3n) is 4.87. The van der Waals surface area contributed by atoms with Crippen molar-refractivity contribution in [1.29, 1.82) is 0 Å². The fraction of sp³-hybridized carbons (Fsp3) is 0.500. The Hall–Kier alpha value is -2.37. The van der Waals surface area contributed by atoms with E-state index in [0.717, 1.165) is 25.9 Å². The lowest BCUT2D eigenvalue weighted by atomic mass is 9.95. The summed E-state index contributed by atoms with van der Waals surface area (Å²) in [7, 11) is 1.86. The highest BCUT2D eigenvalue weighted by Crippen LogP contribution is 2.23. The molecule has 0 unspecified atom stereocenters. The molecule has 0 radical (unpaired) electrons. The smallest absolute Gasteiger partial charge is 0.260 e. The minimum Gasteiger partial charge on any atom is -0.343 e. The molecule has 6 heteroatoms. The van der Waals surface area contributed by atoms with Gasteiger partial charge in [0.15, 0.2) is 0 Å². The van der Waals surface area contributed by atoms with Gasteiger partial charge in [-0.25, -0.2) is 4.98 Å². The van der Waals surface area contributed by atoms with Gasteiger partial charge in [-0.3, -0.25) is 14.6 Å². The number of fused-ring (bicyclic) bond motifs is 1. The van der Waals surface area contributed by atoms with Gasteiger partial charge in [0.2, 0.25) is 11.9 Å². The summed E-state index contributed by atoms with van der Waals surface area (Å²) >= 11 is 0. The Bertz CT molecular complexity index is 791. The van der Waals surface area contributed by atoms with E-state index in [-0.39, 0.29) is 23.4 Å². The van der Waals surface area contributed by atoms with Gasteiger partial charge in [-0.2, -0.15) is 0 Å². The maximum Gasteiger partial charge on any atom is 0.260 e. The summed E-state index contributed by atoms with van der Waals surface area (Å²) in [6.45, 7) is 5.50. The molecule has 6 nitrogen and oxygen atoms in total. The van der Waals surface area contributed by atoms with Crippen molar-refractivity contribution in [2.45, 2.75) is 32.7 Å². The number of anilines is 1. The van der Waals surface area contributed by atoms with Crippen LogP contribution in [0.3, 0.4) is 0 Å². The molecular weight excluding hydrogens is 304 g/mol.